The lowest BCUT2D eigenvalue weighted by atomic mass is 9.97. The summed E-state index contributed by atoms with van der Waals surface area (Å²) in [6.07, 6.45) is 5.31. The number of aryl methyl sites for hydroxylation is 1. The molecule has 4 heterocycles. The molecule has 138 valence electrons. The van der Waals surface area contributed by atoms with E-state index in [0.29, 0.717) is 18.2 Å². The van der Waals surface area contributed by atoms with Crippen molar-refractivity contribution < 1.29 is 4.79 Å². The van der Waals surface area contributed by atoms with Crippen LogP contribution >= 0.6 is 0 Å². The summed E-state index contributed by atoms with van der Waals surface area (Å²) in [7, 11) is 0. The number of piperidine rings is 1. The highest BCUT2D eigenvalue weighted by atomic mass is 16.2. The summed E-state index contributed by atoms with van der Waals surface area (Å²) in [5.74, 6) is 1.94. The summed E-state index contributed by atoms with van der Waals surface area (Å²) in [4.78, 5) is 19.1. The number of hydrogen-bond acceptors (Lipinski definition) is 6. The molecular weight excluding hydrogens is 342 g/mol. The smallest absolute Gasteiger partial charge is 0.230 e. The number of aromatic nitrogens is 5. The van der Waals surface area contributed by atoms with Gasteiger partial charge in [-0.1, -0.05) is 6.07 Å². The second-order valence-corrected chi connectivity index (χ2v) is 6.64. The number of hydrogen-bond donors (Lipinski definition) is 1. The molecule has 4 rings (SSSR count). The van der Waals surface area contributed by atoms with E-state index in [4.69, 9.17) is 0 Å². The van der Waals surface area contributed by atoms with Gasteiger partial charge in [-0.25, -0.2) is 9.67 Å². The molecule has 1 atom stereocenters. The maximum absolute atomic E-state index is 12.6. The number of nitrogens with zero attached hydrogens (tertiary/aromatic N) is 6. The van der Waals surface area contributed by atoms with Crippen LogP contribution in [0.4, 0.5) is 11.6 Å². The van der Waals surface area contributed by atoms with Crippen LogP contribution in [0, 0.1) is 12.8 Å². The molecular formula is C19H21N7O. The molecule has 0 spiro atoms. The third-order valence-electron chi connectivity index (χ3n) is 4.63. The van der Waals surface area contributed by atoms with Crippen molar-refractivity contribution in [1.82, 2.24) is 25.0 Å². The van der Waals surface area contributed by atoms with Gasteiger partial charge in [-0.15, -0.1) is 10.2 Å². The zero-order valence-corrected chi connectivity index (χ0v) is 15.1. The van der Waals surface area contributed by atoms with E-state index in [1.54, 1.807) is 10.9 Å². The molecule has 1 fully saturated rings. The fraction of sp³-hybridized carbons (Fsp3) is 0.316. The molecule has 8 heteroatoms. The molecule has 1 saturated heterocycles. The normalized spacial score (nSPS) is 16.9. The number of carbonyl (C=O) groups excluding carboxylic acids is 1. The Kier molecular flexibility index (Phi) is 4.78. The zero-order valence-electron chi connectivity index (χ0n) is 15.1. The van der Waals surface area contributed by atoms with E-state index < -0.39 is 0 Å². The Morgan fingerprint density at radius 3 is 2.74 bits per heavy atom. The molecule has 3 aromatic heterocycles. The molecule has 1 unspecified atom stereocenters. The van der Waals surface area contributed by atoms with Gasteiger partial charge >= 0.3 is 0 Å². The number of anilines is 2. The highest BCUT2D eigenvalue weighted by Crippen LogP contribution is 2.22. The average molecular weight is 363 g/mol. The molecule has 0 bridgehead atoms. The molecule has 1 amide bonds. The molecule has 1 N–H and O–H groups in total. The van der Waals surface area contributed by atoms with Gasteiger partial charge in [0.1, 0.15) is 5.82 Å². The van der Waals surface area contributed by atoms with Crippen molar-refractivity contribution in [1.29, 1.82) is 0 Å². The van der Waals surface area contributed by atoms with Crippen molar-refractivity contribution in [3.05, 3.63) is 54.5 Å². The van der Waals surface area contributed by atoms with Gasteiger partial charge in [0.15, 0.2) is 11.6 Å². The Labute approximate surface area is 157 Å². The SMILES string of the molecule is Cc1cccc(NC(=O)C2CCCN(c3ccc(-n4cccn4)nn3)C2)n1. The molecule has 0 aliphatic carbocycles. The summed E-state index contributed by atoms with van der Waals surface area (Å²) >= 11 is 0. The predicted octanol–water partition coefficient (Wildman–Crippen LogP) is 2.22. The molecule has 0 saturated carbocycles. The third kappa shape index (κ3) is 3.94. The minimum absolute atomic E-state index is 0.001000. The van der Waals surface area contributed by atoms with Gasteiger partial charge in [0, 0.05) is 31.2 Å². The molecule has 27 heavy (non-hydrogen) atoms. The Balaban J connectivity index is 1.42. The summed E-state index contributed by atoms with van der Waals surface area (Å²) in [5, 5.41) is 15.6. The van der Waals surface area contributed by atoms with Crippen LogP contribution in [0.3, 0.4) is 0 Å². The zero-order chi connectivity index (χ0) is 18.6. The van der Waals surface area contributed by atoms with Crippen LogP contribution in [-0.2, 0) is 4.79 Å². The van der Waals surface area contributed by atoms with Gasteiger partial charge < -0.3 is 10.2 Å². The first-order chi connectivity index (χ1) is 13.2. The topological polar surface area (TPSA) is 88.8 Å². The summed E-state index contributed by atoms with van der Waals surface area (Å²) < 4.78 is 1.66. The lowest BCUT2D eigenvalue weighted by Crippen LogP contribution is -2.41. The van der Waals surface area contributed by atoms with Crippen molar-refractivity contribution >= 4 is 17.5 Å². The van der Waals surface area contributed by atoms with Crippen LogP contribution in [0.15, 0.2) is 48.8 Å². The van der Waals surface area contributed by atoms with E-state index in [9.17, 15) is 4.79 Å². The highest BCUT2D eigenvalue weighted by Gasteiger charge is 2.27. The van der Waals surface area contributed by atoms with E-state index in [0.717, 1.165) is 30.9 Å². The number of rotatable bonds is 4. The van der Waals surface area contributed by atoms with Crippen molar-refractivity contribution in [3.63, 3.8) is 0 Å². The quantitative estimate of drug-likeness (QED) is 0.765. The Morgan fingerprint density at radius 2 is 2.00 bits per heavy atom. The summed E-state index contributed by atoms with van der Waals surface area (Å²) in [5.41, 5.74) is 0.880. The van der Waals surface area contributed by atoms with Crippen LogP contribution in [0.5, 0.6) is 0 Å². The Morgan fingerprint density at radius 1 is 1.15 bits per heavy atom. The lowest BCUT2D eigenvalue weighted by molar-refractivity contribution is -0.120. The minimum atomic E-state index is -0.103. The summed E-state index contributed by atoms with van der Waals surface area (Å²) in [6, 6.07) is 11.3. The fourth-order valence-corrected chi connectivity index (χ4v) is 3.25. The van der Waals surface area contributed by atoms with Gasteiger partial charge in [-0.2, -0.15) is 5.10 Å². The lowest BCUT2D eigenvalue weighted by Gasteiger charge is -2.32. The molecule has 0 radical (unpaired) electrons. The fourth-order valence-electron chi connectivity index (χ4n) is 3.25. The maximum atomic E-state index is 12.6. The van der Waals surface area contributed by atoms with E-state index in [1.165, 1.54) is 0 Å². The largest absolute Gasteiger partial charge is 0.354 e. The number of amides is 1. The molecule has 3 aromatic rings. The standard InChI is InChI=1S/C19H21N7O/c1-14-5-2-7-16(21-14)22-19(27)15-6-3-11-25(13-15)17-8-9-18(24-23-17)26-12-4-10-20-26/h2,4-5,7-10,12,15H,3,6,11,13H2,1H3,(H,21,22,27). The van der Waals surface area contributed by atoms with E-state index in [2.05, 4.69) is 30.5 Å². The first kappa shape index (κ1) is 17.1. The molecule has 0 aromatic carbocycles. The van der Waals surface area contributed by atoms with Gasteiger partial charge in [-0.05, 0) is 50.1 Å². The average Bonchev–Trinajstić information content (AvgIpc) is 3.23. The van der Waals surface area contributed by atoms with Crippen molar-refractivity contribution in [3.8, 4) is 5.82 Å². The van der Waals surface area contributed by atoms with Gasteiger partial charge in [0.25, 0.3) is 0 Å². The van der Waals surface area contributed by atoms with Gasteiger partial charge in [0.2, 0.25) is 5.91 Å². The monoisotopic (exact) mass is 363 g/mol. The molecule has 1 aliphatic rings. The number of pyridine rings is 1. The second kappa shape index (κ2) is 7.53. The van der Waals surface area contributed by atoms with Crippen molar-refractivity contribution in [2.75, 3.05) is 23.3 Å². The maximum Gasteiger partial charge on any atom is 0.230 e. The van der Waals surface area contributed by atoms with Crippen LogP contribution in [0.1, 0.15) is 18.5 Å². The van der Waals surface area contributed by atoms with E-state index in [-0.39, 0.29) is 11.8 Å². The van der Waals surface area contributed by atoms with Crippen LogP contribution in [0.2, 0.25) is 0 Å². The molecule has 8 nitrogen and oxygen atoms in total. The first-order valence-electron chi connectivity index (χ1n) is 9.02. The Bertz CT molecular complexity index is 908. The van der Waals surface area contributed by atoms with E-state index in [1.807, 2.05) is 49.5 Å². The van der Waals surface area contributed by atoms with Crippen LogP contribution < -0.4 is 10.2 Å². The van der Waals surface area contributed by atoms with Gasteiger partial charge in [-0.3, -0.25) is 4.79 Å². The van der Waals surface area contributed by atoms with Crippen LogP contribution in [-0.4, -0.2) is 44.0 Å². The van der Waals surface area contributed by atoms with Gasteiger partial charge in [0.05, 0.1) is 5.92 Å². The number of nitrogens with one attached hydrogen (secondary N) is 1. The van der Waals surface area contributed by atoms with Crippen LogP contribution in [0.25, 0.3) is 5.82 Å². The first-order valence-corrected chi connectivity index (χ1v) is 9.02. The molecule has 1 aliphatic heterocycles. The predicted molar refractivity (Wildman–Crippen MR) is 102 cm³/mol. The second-order valence-electron chi connectivity index (χ2n) is 6.64. The van der Waals surface area contributed by atoms with Crippen molar-refractivity contribution in [2.24, 2.45) is 5.92 Å². The summed E-state index contributed by atoms with van der Waals surface area (Å²) in [6.45, 7) is 3.39. The van der Waals surface area contributed by atoms with E-state index >= 15 is 0 Å². The van der Waals surface area contributed by atoms with Crippen molar-refractivity contribution in [2.45, 2.75) is 19.8 Å². The third-order valence-corrected chi connectivity index (χ3v) is 4.63. The Hall–Kier alpha value is -3.29. The number of carbonyl (C=O) groups is 1. The minimum Gasteiger partial charge on any atom is -0.354 e. The highest BCUT2D eigenvalue weighted by molar-refractivity contribution is 5.92.